The second-order valence-electron chi connectivity index (χ2n) is 4.39. The van der Waals surface area contributed by atoms with E-state index < -0.39 is 0 Å². The first-order chi connectivity index (χ1) is 6.83. The van der Waals surface area contributed by atoms with Crippen molar-refractivity contribution < 1.29 is 4.42 Å². The normalized spacial score (nSPS) is 32.4. The number of likely N-dealkylation sites (N-methyl/N-ethyl adjacent to an activating group) is 1. The molecule has 1 spiro atoms. The number of piperazine rings is 1. The molecule has 0 aromatic carbocycles. The summed E-state index contributed by atoms with van der Waals surface area (Å²) in [6.07, 6.45) is 4.12. The van der Waals surface area contributed by atoms with Gasteiger partial charge in [-0.25, -0.2) is 0 Å². The van der Waals surface area contributed by atoms with Gasteiger partial charge >= 0.3 is 0 Å². The van der Waals surface area contributed by atoms with Crippen molar-refractivity contribution in [1.82, 2.24) is 10.2 Å². The summed E-state index contributed by atoms with van der Waals surface area (Å²) in [7, 11) is 2.23. The lowest BCUT2D eigenvalue weighted by Crippen LogP contribution is -2.56. The predicted octanol–water partition coefficient (Wildman–Crippen LogP) is 0.956. The molecule has 1 fully saturated rings. The minimum Gasteiger partial charge on any atom is -0.469 e. The van der Waals surface area contributed by atoms with Gasteiger partial charge in [0.15, 0.2) is 0 Å². The molecule has 2 aliphatic rings. The molecule has 1 aliphatic heterocycles. The summed E-state index contributed by atoms with van der Waals surface area (Å²) in [5.41, 5.74) is 1.63. The number of aryl methyl sites for hydroxylation is 1. The molecule has 1 aliphatic carbocycles. The predicted molar refractivity (Wildman–Crippen MR) is 54.2 cm³/mol. The summed E-state index contributed by atoms with van der Waals surface area (Å²) >= 11 is 0. The van der Waals surface area contributed by atoms with Crippen LogP contribution in [-0.2, 0) is 12.0 Å². The zero-order valence-corrected chi connectivity index (χ0v) is 8.55. The van der Waals surface area contributed by atoms with Gasteiger partial charge in [-0.05, 0) is 19.5 Å². The number of hydrogen-bond donors (Lipinski definition) is 1. The van der Waals surface area contributed by atoms with E-state index in [1.807, 2.05) is 6.26 Å². The zero-order chi connectivity index (χ0) is 9.60. The van der Waals surface area contributed by atoms with E-state index in [0.717, 1.165) is 26.1 Å². The summed E-state index contributed by atoms with van der Waals surface area (Å²) in [4.78, 5) is 2.48. The van der Waals surface area contributed by atoms with Crippen LogP contribution in [0.1, 0.15) is 17.7 Å². The van der Waals surface area contributed by atoms with Crippen molar-refractivity contribution in [2.24, 2.45) is 0 Å². The lowest BCUT2D eigenvalue weighted by molar-refractivity contribution is 0.0871. The molecule has 1 atom stereocenters. The monoisotopic (exact) mass is 192 g/mol. The van der Waals surface area contributed by atoms with E-state index in [0.29, 0.717) is 0 Å². The van der Waals surface area contributed by atoms with Gasteiger partial charge in [0.1, 0.15) is 5.76 Å². The Morgan fingerprint density at radius 2 is 2.50 bits per heavy atom. The van der Waals surface area contributed by atoms with Crippen molar-refractivity contribution in [3.8, 4) is 0 Å². The molecular formula is C11H16N2O. The van der Waals surface area contributed by atoms with Gasteiger partial charge in [-0.3, -0.25) is 4.90 Å². The highest BCUT2D eigenvalue weighted by molar-refractivity contribution is 5.33. The summed E-state index contributed by atoms with van der Waals surface area (Å²) < 4.78 is 5.50. The standard InChI is InChI=1S/C11H16N2O/c1-13-6-5-12-8-11(13)4-2-10-9(11)3-7-14-10/h3,7,12H,2,4-6,8H2,1H3. The fourth-order valence-electron chi connectivity index (χ4n) is 2.87. The number of nitrogens with zero attached hydrogens (tertiary/aromatic N) is 1. The van der Waals surface area contributed by atoms with E-state index in [1.165, 1.54) is 17.7 Å². The third kappa shape index (κ3) is 0.940. The fourth-order valence-corrected chi connectivity index (χ4v) is 2.87. The molecule has 3 rings (SSSR count). The largest absolute Gasteiger partial charge is 0.469 e. The molecule has 76 valence electrons. The van der Waals surface area contributed by atoms with Crippen molar-refractivity contribution in [3.63, 3.8) is 0 Å². The Labute approximate surface area is 84.1 Å². The number of fused-ring (bicyclic) bond motifs is 2. The van der Waals surface area contributed by atoms with Crippen LogP contribution in [0, 0.1) is 0 Å². The van der Waals surface area contributed by atoms with Crippen LogP contribution in [0.5, 0.6) is 0 Å². The Balaban J connectivity index is 2.04. The Kier molecular flexibility index (Phi) is 1.73. The minimum atomic E-state index is 0.223. The van der Waals surface area contributed by atoms with E-state index >= 15 is 0 Å². The molecule has 3 heteroatoms. The van der Waals surface area contributed by atoms with Gasteiger partial charge < -0.3 is 9.73 Å². The number of hydrogen-bond acceptors (Lipinski definition) is 3. The lowest BCUT2D eigenvalue weighted by atomic mass is 9.89. The molecule has 1 N–H and O–H groups in total. The van der Waals surface area contributed by atoms with Crippen molar-refractivity contribution >= 4 is 0 Å². The topological polar surface area (TPSA) is 28.4 Å². The van der Waals surface area contributed by atoms with Crippen LogP contribution in [0.25, 0.3) is 0 Å². The highest BCUT2D eigenvalue weighted by Crippen LogP contribution is 2.42. The van der Waals surface area contributed by atoms with Gasteiger partial charge in [0.2, 0.25) is 0 Å². The van der Waals surface area contributed by atoms with Crippen molar-refractivity contribution in [3.05, 3.63) is 23.7 Å². The van der Waals surface area contributed by atoms with E-state index in [2.05, 4.69) is 23.3 Å². The van der Waals surface area contributed by atoms with Gasteiger partial charge in [-0.1, -0.05) is 0 Å². The third-order valence-electron chi connectivity index (χ3n) is 3.78. The van der Waals surface area contributed by atoms with Crippen molar-refractivity contribution in [2.45, 2.75) is 18.4 Å². The summed E-state index contributed by atoms with van der Waals surface area (Å²) in [5.74, 6) is 1.19. The third-order valence-corrected chi connectivity index (χ3v) is 3.78. The van der Waals surface area contributed by atoms with E-state index in [4.69, 9.17) is 4.42 Å². The average Bonchev–Trinajstić information content (AvgIpc) is 2.75. The molecule has 2 heterocycles. The molecular weight excluding hydrogens is 176 g/mol. The van der Waals surface area contributed by atoms with Gasteiger partial charge in [-0.15, -0.1) is 0 Å². The smallest absolute Gasteiger partial charge is 0.108 e. The number of nitrogens with one attached hydrogen (secondary N) is 1. The van der Waals surface area contributed by atoms with Crippen LogP contribution in [0.15, 0.2) is 16.7 Å². The van der Waals surface area contributed by atoms with Gasteiger partial charge in [-0.2, -0.15) is 0 Å². The lowest BCUT2D eigenvalue weighted by Gasteiger charge is -2.43. The molecule has 0 saturated carbocycles. The maximum atomic E-state index is 5.50. The van der Waals surface area contributed by atoms with Crippen LogP contribution in [0.2, 0.25) is 0 Å². The SMILES string of the molecule is CN1CCNCC12CCc1occc12. The maximum Gasteiger partial charge on any atom is 0.108 e. The number of rotatable bonds is 0. The second-order valence-corrected chi connectivity index (χ2v) is 4.39. The van der Waals surface area contributed by atoms with Crippen LogP contribution in [0.4, 0.5) is 0 Å². The van der Waals surface area contributed by atoms with Crippen LogP contribution in [-0.4, -0.2) is 31.6 Å². The molecule has 0 bridgehead atoms. The Hall–Kier alpha value is -0.800. The quantitative estimate of drug-likeness (QED) is 0.663. The fraction of sp³-hybridized carbons (Fsp3) is 0.636. The van der Waals surface area contributed by atoms with Crippen LogP contribution >= 0.6 is 0 Å². The zero-order valence-electron chi connectivity index (χ0n) is 8.55. The van der Waals surface area contributed by atoms with E-state index in [1.54, 1.807) is 0 Å². The van der Waals surface area contributed by atoms with E-state index in [9.17, 15) is 0 Å². The molecule has 3 nitrogen and oxygen atoms in total. The molecule has 0 radical (unpaired) electrons. The Bertz CT molecular complexity index is 347. The highest BCUT2D eigenvalue weighted by atomic mass is 16.3. The van der Waals surface area contributed by atoms with Crippen LogP contribution < -0.4 is 5.32 Å². The highest BCUT2D eigenvalue weighted by Gasteiger charge is 2.44. The second kappa shape index (κ2) is 2.84. The Morgan fingerprint density at radius 3 is 3.36 bits per heavy atom. The summed E-state index contributed by atoms with van der Waals surface area (Å²) in [5, 5.41) is 3.50. The Morgan fingerprint density at radius 1 is 1.57 bits per heavy atom. The van der Waals surface area contributed by atoms with Crippen LogP contribution in [0.3, 0.4) is 0 Å². The molecule has 1 aromatic heterocycles. The van der Waals surface area contributed by atoms with Gasteiger partial charge in [0, 0.05) is 31.6 Å². The molecule has 0 amide bonds. The molecule has 14 heavy (non-hydrogen) atoms. The first-order valence-electron chi connectivity index (χ1n) is 5.32. The average molecular weight is 192 g/mol. The van der Waals surface area contributed by atoms with Crippen molar-refractivity contribution in [2.75, 3.05) is 26.7 Å². The molecule has 1 aromatic rings. The number of furan rings is 1. The van der Waals surface area contributed by atoms with Gasteiger partial charge in [0.25, 0.3) is 0 Å². The molecule has 1 unspecified atom stereocenters. The first-order valence-corrected chi connectivity index (χ1v) is 5.32. The minimum absolute atomic E-state index is 0.223. The maximum absolute atomic E-state index is 5.50. The van der Waals surface area contributed by atoms with Crippen molar-refractivity contribution in [1.29, 1.82) is 0 Å². The molecule has 1 saturated heterocycles. The summed E-state index contributed by atoms with van der Waals surface area (Å²) in [6, 6.07) is 2.14. The van der Waals surface area contributed by atoms with E-state index in [-0.39, 0.29) is 5.54 Å². The first kappa shape index (κ1) is 8.50. The van der Waals surface area contributed by atoms with Gasteiger partial charge in [0.05, 0.1) is 11.8 Å². The summed E-state index contributed by atoms with van der Waals surface area (Å²) in [6.45, 7) is 3.30.